The Balaban J connectivity index is 1.58. The van der Waals surface area contributed by atoms with E-state index in [9.17, 15) is 4.79 Å². The average molecular weight is 369 g/mol. The number of nitrogens with one attached hydrogen (secondary N) is 2. The van der Waals surface area contributed by atoms with Crippen molar-refractivity contribution in [2.24, 2.45) is 0 Å². The van der Waals surface area contributed by atoms with E-state index in [0.29, 0.717) is 18.1 Å². The van der Waals surface area contributed by atoms with Gasteiger partial charge in [0.1, 0.15) is 0 Å². The molecule has 134 valence electrons. The Hall–Kier alpha value is -2.79. The van der Waals surface area contributed by atoms with E-state index in [4.69, 9.17) is 11.6 Å². The maximum absolute atomic E-state index is 12.2. The van der Waals surface area contributed by atoms with Gasteiger partial charge >= 0.3 is 6.03 Å². The van der Waals surface area contributed by atoms with Crippen molar-refractivity contribution in [3.05, 3.63) is 88.7 Å². The van der Waals surface area contributed by atoms with Gasteiger partial charge in [-0.25, -0.2) is 4.79 Å². The lowest BCUT2D eigenvalue weighted by molar-refractivity contribution is 0.237. The molecule has 3 rings (SSSR count). The van der Waals surface area contributed by atoms with Gasteiger partial charge in [0.05, 0.1) is 12.6 Å². The second-order valence-electron chi connectivity index (χ2n) is 6.08. The number of benzene rings is 2. The zero-order chi connectivity index (χ0) is 18.4. The SMILES string of the molecule is CC(NC(=O)NCc1ccccc1Cn1cccn1)c1cccc(Cl)c1. The number of nitrogens with zero attached hydrogens (tertiary/aromatic N) is 2. The van der Waals surface area contributed by atoms with Crippen molar-refractivity contribution in [1.82, 2.24) is 20.4 Å². The number of urea groups is 1. The van der Waals surface area contributed by atoms with Crippen molar-refractivity contribution < 1.29 is 4.79 Å². The number of aromatic nitrogens is 2. The maximum atomic E-state index is 12.2. The van der Waals surface area contributed by atoms with E-state index >= 15 is 0 Å². The number of carbonyl (C=O) groups is 1. The number of rotatable bonds is 6. The van der Waals surface area contributed by atoms with Crippen molar-refractivity contribution in [1.29, 1.82) is 0 Å². The lowest BCUT2D eigenvalue weighted by Gasteiger charge is -2.16. The third-order valence-corrected chi connectivity index (χ3v) is 4.38. The number of hydrogen-bond donors (Lipinski definition) is 2. The van der Waals surface area contributed by atoms with Crippen molar-refractivity contribution >= 4 is 17.6 Å². The van der Waals surface area contributed by atoms with Crippen LogP contribution in [0.15, 0.2) is 67.0 Å². The molecule has 1 atom stereocenters. The Morgan fingerprint density at radius 2 is 1.96 bits per heavy atom. The molecule has 0 aliphatic carbocycles. The highest BCUT2D eigenvalue weighted by Crippen LogP contribution is 2.17. The van der Waals surface area contributed by atoms with E-state index in [2.05, 4.69) is 15.7 Å². The van der Waals surface area contributed by atoms with Gasteiger partial charge in [0.15, 0.2) is 0 Å². The highest BCUT2D eigenvalue weighted by Gasteiger charge is 2.10. The summed E-state index contributed by atoms with van der Waals surface area (Å²) < 4.78 is 1.86. The summed E-state index contributed by atoms with van der Waals surface area (Å²) in [4.78, 5) is 12.2. The van der Waals surface area contributed by atoms with Crippen LogP contribution in [0.3, 0.4) is 0 Å². The highest BCUT2D eigenvalue weighted by molar-refractivity contribution is 6.30. The minimum Gasteiger partial charge on any atom is -0.334 e. The summed E-state index contributed by atoms with van der Waals surface area (Å²) >= 11 is 6.01. The van der Waals surface area contributed by atoms with Crippen LogP contribution in [0.4, 0.5) is 4.79 Å². The normalized spacial score (nSPS) is 11.8. The van der Waals surface area contributed by atoms with Gasteiger partial charge in [0, 0.05) is 24.0 Å². The number of carbonyl (C=O) groups excluding carboxylic acids is 1. The van der Waals surface area contributed by atoms with E-state index in [1.807, 2.05) is 72.4 Å². The molecule has 1 aromatic heterocycles. The summed E-state index contributed by atoms with van der Waals surface area (Å²) in [6.45, 7) is 3.05. The largest absolute Gasteiger partial charge is 0.334 e. The summed E-state index contributed by atoms with van der Waals surface area (Å²) in [7, 11) is 0. The van der Waals surface area contributed by atoms with Crippen LogP contribution in [-0.2, 0) is 13.1 Å². The predicted octanol–water partition coefficient (Wildman–Crippen LogP) is 4.15. The van der Waals surface area contributed by atoms with Crippen molar-refractivity contribution in [3.8, 4) is 0 Å². The first-order valence-electron chi connectivity index (χ1n) is 8.46. The molecule has 0 saturated carbocycles. The van der Waals surface area contributed by atoms with Crippen LogP contribution in [0, 0.1) is 0 Å². The van der Waals surface area contributed by atoms with Crippen LogP contribution in [0.1, 0.15) is 29.7 Å². The smallest absolute Gasteiger partial charge is 0.315 e. The Morgan fingerprint density at radius 3 is 2.69 bits per heavy atom. The van der Waals surface area contributed by atoms with E-state index in [0.717, 1.165) is 16.7 Å². The Labute approximate surface area is 158 Å². The van der Waals surface area contributed by atoms with Crippen LogP contribution in [0.25, 0.3) is 0 Å². The first-order chi connectivity index (χ1) is 12.6. The first kappa shape index (κ1) is 18.0. The molecule has 3 aromatic rings. The minimum atomic E-state index is -0.216. The third-order valence-electron chi connectivity index (χ3n) is 4.15. The number of halogens is 1. The zero-order valence-corrected chi connectivity index (χ0v) is 15.3. The van der Waals surface area contributed by atoms with Crippen LogP contribution in [0.5, 0.6) is 0 Å². The third kappa shape index (κ3) is 4.86. The molecule has 1 heterocycles. The minimum absolute atomic E-state index is 0.131. The van der Waals surface area contributed by atoms with Gasteiger partial charge in [0.2, 0.25) is 0 Å². The number of amides is 2. The molecule has 0 fully saturated rings. The molecule has 5 nitrogen and oxygen atoms in total. The zero-order valence-electron chi connectivity index (χ0n) is 14.5. The monoisotopic (exact) mass is 368 g/mol. The summed E-state index contributed by atoms with van der Waals surface area (Å²) in [5.74, 6) is 0. The molecule has 2 N–H and O–H groups in total. The summed E-state index contributed by atoms with van der Waals surface area (Å²) in [6.07, 6.45) is 3.68. The van der Waals surface area contributed by atoms with Crippen LogP contribution >= 0.6 is 11.6 Å². The van der Waals surface area contributed by atoms with E-state index in [1.165, 1.54) is 0 Å². The van der Waals surface area contributed by atoms with E-state index in [1.54, 1.807) is 6.20 Å². The van der Waals surface area contributed by atoms with Crippen molar-refractivity contribution in [3.63, 3.8) is 0 Å². The lowest BCUT2D eigenvalue weighted by Crippen LogP contribution is -2.36. The second kappa shape index (κ2) is 8.54. The quantitative estimate of drug-likeness (QED) is 0.686. The summed E-state index contributed by atoms with van der Waals surface area (Å²) in [6, 6.07) is 17.0. The van der Waals surface area contributed by atoms with Gasteiger partial charge in [-0.2, -0.15) is 5.10 Å². The summed E-state index contributed by atoms with van der Waals surface area (Å²) in [5.41, 5.74) is 3.15. The predicted molar refractivity (Wildman–Crippen MR) is 103 cm³/mol. The van der Waals surface area contributed by atoms with Gasteiger partial charge in [-0.05, 0) is 41.8 Å². The average Bonchev–Trinajstić information content (AvgIpc) is 3.14. The lowest BCUT2D eigenvalue weighted by atomic mass is 10.1. The molecule has 1 unspecified atom stereocenters. The van der Waals surface area contributed by atoms with Gasteiger partial charge < -0.3 is 10.6 Å². The molecule has 0 spiro atoms. The van der Waals surface area contributed by atoms with Crippen LogP contribution in [-0.4, -0.2) is 15.8 Å². The van der Waals surface area contributed by atoms with Crippen LogP contribution in [0.2, 0.25) is 5.02 Å². The van der Waals surface area contributed by atoms with Gasteiger partial charge in [-0.3, -0.25) is 4.68 Å². The molecule has 6 heteroatoms. The molecule has 0 aliphatic heterocycles. The van der Waals surface area contributed by atoms with Gasteiger partial charge in [0.25, 0.3) is 0 Å². The second-order valence-corrected chi connectivity index (χ2v) is 6.51. The molecular formula is C20H21ClN4O. The first-order valence-corrected chi connectivity index (χ1v) is 8.83. The topological polar surface area (TPSA) is 59.0 Å². The Morgan fingerprint density at radius 1 is 1.15 bits per heavy atom. The standard InChI is InChI=1S/C20H21ClN4O/c1-15(16-8-4-9-19(21)12-16)24-20(26)22-13-17-6-2-3-7-18(17)14-25-11-5-10-23-25/h2-12,15H,13-14H2,1H3,(H2,22,24,26). The molecule has 2 amide bonds. The fraction of sp³-hybridized carbons (Fsp3) is 0.200. The molecule has 0 saturated heterocycles. The Bertz CT molecular complexity index is 864. The maximum Gasteiger partial charge on any atom is 0.315 e. The molecule has 0 aliphatic rings. The van der Waals surface area contributed by atoms with E-state index < -0.39 is 0 Å². The molecule has 0 bridgehead atoms. The summed E-state index contributed by atoms with van der Waals surface area (Å²) in [5, 5.41) is 10.7. The fourth-order valence-electron chi connectivity index (χ4n) is 2.74. The fourth-order valence-corrected chi connectivity index (χ4v) is 2.93. The molecular weight excluding hydrogens is 348 g/mol. The highest BCUT2D eigenvalue weighted by atomic mass is 35.5. The molecule has 0 radical (unpaired) electrons. The van der Waals surface area contributed by atoms with Crippen LogP contribution < -0.4 is 10.6 Å². The van der Waals surface area contributed by atoms with E-state index in [-0.39, 0.29) is 12.1 Å². The number of hydrogen-bond acceptors (Lipinski definition) is 2. The van der Waals surface area contributed by atoms with Crippen molar-refractivity contribution in [2.45, 2.75) is 26.1 Å². The molecule has 2 aromatic carbocycles. The Kier molecular flexibility index (Phi) is 5.92. The molecule has 26 heavy (non-hydrogen) atoms. The van der Waals surface area contributed by atoms with Gasteiger partial charge in [-0.15, -0.1) is 0 Å². The van der Waals surface area contributed by atoms with Crippen molar-refractivity contribution in [2.75, 3.05) is 0 Å². The van der Waals surface area contributed by atoms with Gasteiger partial charge in [-0.1, -0.05) is 48.0 Å².